The predicted molar refractivity (Wildman–Crippen MR) is 72.8 cm³/mol. The van der Waals surface area contributed by atoms with Crippen molar-refractivity contribution in [2.75, 3.05) is 42.8 Å². The number of hydrogen-bond acceptors (Lipinski definition) is 7. The summed E-state index contributed by atoms with van der Waals surface area (Å²) in [4.78, 5) is 14.6. The summed E-state index contributed by atoms with van der Waals surface area (Å²) in [6, 6.07) is 0.112. The molecule has 0 aliphatic rings. The number of nitrogens with one attached hydrogen (secondary N) is 1. The van der Waals surface area contributed by atoms with Crippen LogP contribution in [0.15, 0.2) is 0 Å². The Hall–Kier alpha value is -1.63. The number of nitrogens with zero attached hydrogens (tertiary/aromatic N) is 4. The molecule has 1 aromatic rings. The molecule has 1 rings (SSSR count). The molecule has 0 fully saturated rings. The number of ether oxygens (including phenoxy) is 1. The van der Waals surface area contributed by atoms with Crippen molar-refractivity contribution in [1.29, 1.82) is 0 Å². The van der Waals surface area contributed by atoms with Crippen LogP contribution in [0, 0.1) is 0 Å². The number of anilines is 3. The number of aromatic nitrogens is 3. The second-order valence-corrected chi connectivity index (χ2v) is 3.99. The van der Waals surface area contributed by atoms with Crippen LogP contribution in [0.1, 0.15) is 20.8 Å². The van der Waals surface area contributed by atoms with Crippen LogP contribution in [-0.2, 0) is 4.74 Å². The lowest BCUT2D eigenvalue weighted by Gasteiger charge is -2.20. The molecule has 18 heavy (non-hydrogen) atoms. The van der Waals surface area contributed by atoms with Crippen molar-refractivity contribution in [1.82, 2.24) is 15.0 Å². The van der Waals surface area contributed by atoms with Crippen LogP contribution in [-0.4, -0.2) is 47.8 Å². The zero-order valence-corrected chi connectivity index (χ0v) is 11.5. The topological polar surface area (TPSA) is 89.2 Å². The molecule has 0 radical (unpaired) electrons. The maximum absolute atomic E-state index is 5.70. The van der Waals surface area contributed by atoms with Crippen molar-refractivity contribution in [2.45, 2.75) is 26.8 Å². The van der Waals surface area contributed by atoms with Crippen molar-refractivity contribution in [3.8, 4) is 0 Å². The van der Waals surface area contributed by atoms with Gasteiger partial charge in [-0.2, -0.15) is 15.0 Å². The molecule has 1 aromatic heterocycles. The summed E-state index contributed by atoms with van der Waals surface area (Å²) < 4.78 is 5.05. The van der Waals surface area contributed by atoms with Crippen molar-refractivity contribution in [3.63, 3.8) is 0 Å². The first-order valence-corrected chi connectivity index (χ1v) is 6.12. The minimum absolute atomic E-state index is 0.112. The van der Waals surface area contributed by atoms with E-state index in [1.165, 1.54) is 0 Å². The highest BCUT2D eigenvalue weighted by atomic mass is 16.5. The highest BCUT2D eigenvalue weighted by Gasteiger charge is 2.11. The normalized spacial score (nSPS) is 12.2. The van der Waals surface area contributed by atoms with Crippen LogP contribution in [0.3, 0.4) is 0 Å². The summed E-state index contributed by atoms with van der Waals surface area (Å²) >= 11 is 0. The molecule has 0 bridgehead atoms. The summed E-state index contributed by atoms with van der Waals surface area (Å²) in [7, 11) is 1.65. The van der Waals surface area contributed by atoms with Crippen LogP contribution in [0.25, 0.3) is 0 Å². The van der Waals surface area contributed by atoms with E-state index in [-0.39, 0.29) is 12.0 Å². The second kappa shape index (κ2) is 6.95. The van der Waals surface area contributed by atoms with Gasteiger partial charge in [-0.15, -0.1) is 0 Å². The van der Waals surface area contributed by atoms with Gasteiger partial charge in [0.2, 0.25) is 17.8 Å². The molecule has 0 spiro atoms. The zero-order valence-electron chi connectivity index (χ0n) is 11.5. The van der Waals surface area contributed by atoms with Crippen LogP contribution < -0.4 is 16.0 Å². The summed E-state index contributed by atoms with van der Waals surface area (Å²) in [5, 5.41) is 3.13. The van der Waals surface area contributed by atoms with Crippen molar-refractivity contribution >= 4 is 17.8 Å². The van der Waals surface area contributed by atoms with Gasteiger partial charge in [-0.05, 0) is 20.8 Å². The molecule has 1 heterocycles. The largest absolute Gasteiger partial charge is 0.383 e. The van der Waals surface area contributed by atoms with Crippen LogP contribution >= 0.6 is 0 Å². The van der Waals surface area contributed by atoms with Gasteiger partial charge < -0.3 is 20.7 Å². The van der Waals surface area contributed by atoms with Gasteiger partial charge in [-0.25, -0.2) is 0 Å². The molecule has 0 aliphatic heterocycles. The van der Waals surface area contributed by atoms with Gasteiger partial charge in [-0.3, -0.25) is 0 Å². The second-order valence-electron chi connectivity index (χ2n) is 3.99. The molecule has 1 atom stereocenters. The van der Waals surface area contributed by atoms with E-state index in [0.717, 1.165) is 13.1 Å². The van der Waals surface area contributed by atoms with Gasteiger partial charge >= 0.3 is 0 Å². The third-order valence-corrected chi connectivity index (χ3v) is 2.48. The monoisotopic (exact) mass is 254 g/mol. The van der Waals surface area contributed by atoms with E-state index in [0.29, 0.717) is 18.5 Å². The van der Waals surface area contributed by atoms with E-state index in [2.05, 4.69) is 20.3 Å². The van der Waals surface area contributed by atoms with Crippen LogP contribution in [0.4, 0.5) is 17.8 Å². The molecular formula is C11H22N6O. The van der Waals surface area contributed by atoms with Gasteiger partial charge in [0.1, 0.15) is 0 Å². The van der Waals surface area contributed by atoms with E-state index in [9.17, 15) is 0 Å². The molecule has 7 heteroatoms. The highest BCUT2D eigenvalue weighted by Crippen LogP contribution is 2.12. The fraction of sp³-hybridized carbons (Fsp3) is 0.727. The molecule has 0 aliphatic carbocycles. The smallest absolute Gasteiger partial charge is 0.231 e. The van der Waals surface area contributed by atoms with Crippen molar-refractivity contribution in [3.05, 3.63) is 0 Å². The predicted octanol–water partition coefficient (Wildman–Crippen LogP) is 0.747. The SMILES string of the molecule is CCN(CC)c1nc(N)nc(NC(C)COC)n1. The lowest BCUT2D eigenvalue weighted by molar-refractivity contribution is 0.190. The maximum Gasteiger partial charge on any atom is 0.231 e. The Labute approximate surface area is 108 Å². The maximum atomic E-state index is 5.70. The first-order valence-electron chi connectivity index (χ1n) is 6.12. The van der Waals surface area contributed by atoms with E-state index in [4.69, 9.17) is 10.5 Å². The van der Waals surface area contributed by atoms with E-state index < -0.39 is 0 Å². The molecule has 0 saturated heterocycles. The average Bonchev–Trinajstić information content (AvgIpc) is 2.30. The van der Waals surface area contributed by atoms with Gasteiger partial charge in [0.25, 0.3) is 0 Å². The van der Waals surface area contributed by atoms with E-state index in [1.54, 1.807) is 7.11 Å². The Morgan fingerprint density at radius 2 is 1.94 bits per heavy atom. The minimum atomic E-state index is 0.112. The molecule has 0 saturated carbocycles. The number of rotatable bonds is 7. The van der Waals surface area contributed by atoms with Crippen LogP contribution in [0.2, 0.25) is 0 Å². The summed E-state index contributed by atoms with van der Waals surface area (Å²) in [6.45, 7) is 8.31. The third kappa shape index (κ3) is 3.99. The summed E-state index contributed by atoms with van der Waals surface area (Å²) in [5.41, 5.74) is 5.70. The molecule has 3 N–H and O–H groups in total. The average molecular weight is 254 g/mol. The highest BCUT2D eigenvalue weighted by molar-refractivity contribution is 5.42. The van der Waals surface area contributed by atoms with Gasteiger partial charge in [-0.1, -0.05) is 0 Å². The number of methoxy groups -OCH3 is 1. The molecule has 0 aromatic carbocycles. The fourth-order valence-corrected chi connectivity index (χ4v) is 1.61. The first kappa shape index (κ1) is 14.4. The summed E-state index contributed by atoms with van der Waals surface area (Å²) in [6.07, 6.45) is 0. The lowest BCUT2D eigenvalue weighted by Crippen LogP contribution is -2.27. The summed E-state index contributed by atoms with van der Waals surface area (Å²) in [5.74, 6) is 1.30. The van der Waals surface area contributed by atoms with Crippen LogP contribution in [0.5, 0.6) is 0 Å². The van der Waals surface area contributed by atoms with Gasteiger partial charge in [0, 0.05) is 26.2 Å². The number of nitrogen functional groups attached to an aromatic ring is 1. The number of nitrogens with two attached hydrogens (primary N) is 1. The molecule has 1 unspecified atom stereocenters. The molecule has 7 nitrogen and oxygen atoms in total. The van der Waals surface area contributed by atoms with E-state index in [1.807, 2.05) is 25.7 Å². The molecule has 102 valence electrons. The van der Waals surface area contributed by atoms with Gasteiger partial charge in [0.15, 0.2) is 0 Å². The Morgan fingerprint density at radius 3 is 2.50 bits per heavy atom. The Bertz CT molecular complexity index is 369. The standard InChI is InChI=1S/C11H22N6O/c1-5-17(6-2)11-15-9(12)14-10(16-11)13-8(3)7-18-4/h8H,5-7H2,1-4H3,(H3,12,13,14,15,16). The Balaban J connectivity index is 2.86. The molecule has 0 amide bonds. The zero-order chi connectivity index (χ0) is 13.5. The van der Waals surface area contributed by atoms with E-state index >= 15 is 0 Å². The first-order chi connectivity index (χ1) is 8.60. The Kier molecular flexibility index (Phi) is 5.57. The van der Waals surface area contributed by atoms with Crippen molar-refractivity contribution in [2.24, 2.45) is 0 Å². The third-order valence-electron chi connectivity index (χ3n) is 2.48. The lowest BCUT2D eigenvalue weighted by atomic mass is 10.4. The fourth-order valence-electron chi connectivity index (χ4n) is 1.61. The Morgan fingerprint density at radius 1 is 1.28 bits per heavy atom. The minimum Gasteiger partial charge on any atom is -0.383 e. The quantitative estimate of drug-likeness (QED) is 0.742. The van der Waals surface area contributed by atoms with Crippen molar-refractivity contribution < 1.29 is 4.74 Å². The molecular weight excluding hydrogens is 232 g/mol. The number of hydrogen-bond donors (Lipinski definition) is 2. The van der Waals surface area contributed by atoms with Gasteiger partial charge in [0.05, 0.1) is 6.61 Å².